The van der Waals surface area contributed by atoms with Crippen LogP contribution in [0.15, 0.2) is 24.3 Å². The van der Waals surface area contributed by atoms with Gasteiger partial charge in [0.1, 0.15) is 5.69 Å². The van der Waals surface area contributed by atoms with Crippen molar-refractivity contribution in [1.82, 2.24) is 14.9 Å². The van der Waals surface area contributed by atoms with E-state index >= 15 is 0 Å². The second-order valence-corrected chi connectivity index (χ2v) is 4.86. The fraction of sp³-hybridized carbons (Fsp3) is 0.385. The van der Waals surface area contributed by atoms with Crippen molar-refractivity contribution < 1.29 is 0 Å². The van der Waals surface area contributed by atoms with E-state index in [0.717, 1.165) is 24.2 Å². The minimum atomic E-state index is 0.823. The lowest BCUT2D eigenvalue weighted by molar-refractivity contribution is 0.830. The number of rotatable bonds is 5. The lowest BCUT2D eigenvalue weighted by atomic mass is 10.1. The number of aromatic nitrogens is 2. The molecule has 1 heterocycles. The van der Waals surface area contributed by atoms with E-state index in [1.807, 2.05) is 7.05 Å². The average molecular weight is 247 g/mol. The maximum absolute atomic E-state index is 4.21. The quantitative estimate of drug-likeness (QED) is 0.883. The van der Waals surface area contributed by atoms with Gasteiger partial charge in [-0.05, 0) is 30.6 Å². The molecule has 0 aliphatic heterocycles. The van der Waals surface area contributed by atoms with Crippen LogP contribution in [-0.4, -0.2) is 16.6 Å². The molecule has 3 nitrogen and oxygen atoms in total. The Morgan fingerprint density at radius 3 is 2.65 bits per heavy atom. The number of nitrogens with one attached hydrogen (secondary N) is 1. The number of benzene rings is 1. The van der Waals surface area contributed by atoms with Crippen molar-refractivity contribution in [3.05, 3.63) is 34.7 Å². The maximum Gasteiger partial charge on any atom is 0.110 e. The number of nitrogens with zero attached hydrogens (tertiary/aromatic N) is 2. The summed E-state index contributed by atoms with van der Waals surface area (Å²) in [6.45, 7) is 3.02. The van der Waals surface area contributed by atoms with Crippen molar-refractivity contribution in [1.29, 1.82) is 0 Å². The summed E-state index contributed by atoms with van der Waals surface area (Å²) < 4.78 is 4.03. The Hall–Kier alpha value is -1.26. The topological polar surface area (TPSA) is 37.8 Å². The van der Waals surface area contributed by atoms with Gasteiger partial charge >= 0.3 is 0 Å². The van der Waals surface area contributed by atoms with Crippen LogP contribution in [0, 0.1) is 0 Å². The van der Waals surface area contributed by atoms with Crippen LogP contribution in [0.1, 0.15) is 23.8 Å². The number of hydrogen-bond acceptors (Lipinski definition) is 4. The molecule has 0 aliphatic rings. The molecule has 4 heteroatoms. The number of aryl methyl sites for hydroxylation is 1. The summed E-state index contributed by atoms with van der Waals surface area (Å²) >= 11 is 1.46. The van der Waals surface area contributed by atoms with Crippen LogP contribution in [-0.2, 0) is 13.0 Å². The highest BCUT2D eigenvalue weighted by molar-refractivity contribution is 7.05. The van der Waals surface area contributed by atoms with E-state index in [9.17, 15) is 0 Å². The van der Waals surface area contributed by atoms with Crippen molar-refractivity contribution in [3.8, 4) is 11.3 Å². The van der Waals surface area contributed by atoms with Crippen molar-refractivity contribution in [2.45, 2.75) is 26.3 Å². The first-order valence-corrected chi connectivity index (χ1v) is 6.67. The number of hydrogen-bond donors (Lipinski definition) is 1. The van der Waals surface area contributed by atoms with Crippen LogP contribution in [0.2, 0.25) is 0 Å². The molecule has 1 aromatic heterocycles. The van der Waals surface area contributed by atoms with Gasteiger partial charge in [-0.25, -0.2) is 0 Å². The molecule has 0 bridgehead atoms. The minimum absolute atomic E-state index is 0.823. The third kappa shape index (κ3) is 2.90. The van der Waals surface area contributed by atoms with Gasteiger partial charge < -0.3 is 5.32 Å². The van der Waals surface area contributed by atoms with Gasteiger partial charge in [0.2, 0.25) is 0 Å². The Labute approximate surface area is 106 Å². The zero-order chi connectivity index (χ0) is 12.1. The summed E-state index contributed by atoms with van der Waals surface area (Å²) in [6, 6.07) is 8.64. The molecule has 1 aromatic carbocycles. The highest BCUT2D eigenvalue weighted by atomic mass is 32.1. The van der Waals surface area contributed by atoms with Gasteiger partial charge in [0.05, 0.1) is 4.88 Å². The van der Waals surface area contributed by atoms with Gasteiger partial charge in [-0.2, -0.15) is 0 Å². The monoisotopic (exact) mass is 247 g/mol. The molecule has 0 amide bonds. The summed E-state index contributed by atoms with van der Waals surface area (Å²) in [4.78, 5) is 1.19. The SMILES string of the molecule is CCCc1ccc(-c2nnsc2CNC)cc1. The van der Waals surface area contributed by atoms with E-state index in [4.69, 9.17) is 0 Å². The van der Waals surface area contributed by atoms with E-state index in [0.29, 0.717) is 0 Å². The summed E-state index contributed by atoms with van der Waals surface area (Å²) in [5.74, 6) is 0. The summed E-state index contributed by atoms with van der Waals surface area (Å²) in [5, 5.41) is 7.35. The lowest BCUT2D eigenvalue weighted by Gasteiger charge is -2.02. The first-order valence-electron chi connectivity index (χ1n) is 5.90. The van der Waals surface area contributed by atoms with Crippen LogP contribution in [0.4, 0.5) is 0 Å². The molecule has 0 atom stereocenters. The molecule has 0 saturated heterocycles. The zero-order valence-electron chi connectivity index (χ0n) is 10.2. The predicted molar refractivity (Wildman–Crippen MR) is 72.1 cm³/mol. The van der Waals surface area contributed by atoms with Gasteiger partial charge in [0.25, 0.3) is 0 Å². The van der Waals surface area contributed by atoms with Crippen molar-refractivity contribution in [2.75, 3.05) is 7.05 Å². The second-order valence-electron chi connectivity index (χ2n) is 4.02. The highest BCUT2D eigenvalue weighted by Crippen LogP contribution is 2.24. The lowest BCUT2D eigenvalue weighted by Crippen LogP contribution is -2.04. The van der Waals surface area contributed by atoms with Crippen LogP contribution in [0.3, 0.4) is 0 Å². The molecule has 0 aliphatic carbocycles. The fourth-order valence-electron chi connectivity index (χ4n) is 1.82. The largest absolute Gasteiger partial charge is 0.315 e. The highest BCUT2D eigenvalue weighted by Gasteiger charge is 2.09. The van der Waals surface area contributed by atoms with Crippen LogP contribution < -0.4 is 5.32 Å². The Morgan fingerprint density at radius 2 is 2.00 bits per heavy atom. The molecule has 90 valence electrons. The normalized spacial score (nSPS) is 10.7. The Morgan fingerprint density at radius 1 is 1.24 bits per heavy atom. The molecular formula is C13H17N3S. The first-order chi connectivity index (χ1) is 8.35. The summed E-state index contributed by atoms with van der Waals surface area (Å²) in [5.41, 5.74) is 3.55. The smallest absolute Gasteiger partial charge is 0.110 e. The molecule has 17 heavy (non-hydrogen) atoms. The molecule has 2 aromatic rings. The van der Waals surface area contributed by atoms with Crippen molar-refractivity contribution >= 4 is 11.5 Å². The van der Waals surface area contributed by atoms with Crippen molar-refractivity contribution in [3.63, 3.8) is 0 Å². The molecule has 0 fully saturated rings. The van der Waals surface area contributed by atoms with Gasteiger partial charge in [-0.1, -0.05) is 42.1 Å². The molecule has 0 radical (unpaired) electrons. The van der Waals surface area contributed by atoms with Crippen molar-refractivity contribution in [2.24, 2.45) is 0 Å². The first kappa shape index (κ1) is 12.2. The Bertz CT molecular complexity index is 462. The third-order valence-corrected chi connectivity index (χ3v) is 3.38. The van der Waals surface area contributed by atoms with E-state index in [1.54, 1.807) is 0 Å². The molecule has 2 rings (SSSR count). The van der Waals surface area contributed by atoms with Gasteiger partial charge in [0.15, 0.2) is 0 Å². The van der Waals surface area contributed by atoms with E-state index in [-0.39, 0.29) is 0 Å². The third-order valence-electron chi connectivity index (χ3n) is 2.66. The van der Waals surface area contributed by atoms with Crippen LogP contribution >= 0.6 is 11.5 Å². The summed E-state index contributed by atoms with van der Waals surface area (Å²) in [7, 11) is 1.94. The van der Waals surface area contributed by atoms with Crippen LogP contribution in [0.5, 0.6) is 0 Å². The Kier molecular flexibility index (Phi) is 4.23. The standard InChI is InChI=1S/C13H17N3S/c1-3-4-10-5-7-11(8-6-10)13-12(9-14-2)17-16-15-13/h5-8,14H,3-4,9H2,1-2H3. The predicted octanol–water partition coefficient (Wildman–Crippen LogP) is 2.88. The second kappa shape index (κ2) is 5.89. The Balaban J connectivity index is 2.23. The molecule has 0 unspecified atom stereocenters. The van der Waals surface area contributed by atoms with Gasteiger partial charge in [-0.3, -0.25) is 0 Å². The molecule has 1 N–H and O–H groups in total. The zero-order valence-corrected chi connectivity index (χ0v) is 11.0. The fourth-order valence-corrected chi connectivity index (χ4v) is 2.50. The van der Waals surface area contributed by atoms with Crippen LogP contribution in [0.25, 0.3) is 11.3 Å². The maximum atomic E-state index is 4.21. The average Bonchev–Trinajstić information content (AvgIpc) is 2.79. The summed E-state index contributed by atoms with van der Waals surface area (Å²) in [6.07, 6.45) is 2.32. The van der Waals surface area contributed by atoms with Gasteiger partial charge in [-0.15, -0.1) is 5.10 Å². The van der Waals surface area contributed by atoms with E-state index in [1.165, 1.54) is 28.4 Å². The minimum Gasteiger partial charge on any atom is -0.315 e. The molecule has 0 spiro atoms. The van der Waals surface area contributed by atoms with E-state index in [2.05, 4.69) is 46.1 Å². The molecular weight excluding hydrogens is 230 g/mol. The molecule has 0 saturated carbocycles. The van der Waals surface area contributed by atoms with Gasteiger partial charge in [0, 0.05) is 12.1 Å². The van der Waals surface area contributed by atoms with E-state index < -0.39 is 0 Å².